The Kier molecular flexibility index (Phi) is 4.40. The van der Waals surface area contributed by atoms with E-state index in [1.807, 2.05) is 0 Å². The number of rotatable bonds is 5. The normalized spacial score (nSPS) is 16.2. The van der Waals surface area contributed by atoms with Gasteiger partial charge in [0.2, 0.25) is 0 Å². The third-order valence-electron chi connectivity index (χ3n) is 3.60. The van der Waals surface area contributed by atoms with E-state index in [4.69, 9.17) is 9.84 Å². The molecule has 1 unspecified atom stereocenters. The minimum atomic E-state index is -0.892. The van der Waals surface area contributed by atoms with Crippen LogP contribution in [0, 0.1) is 23.5 Å². The van der Waals surface area contributed by atoms with Crippen molar-refractivity contribution in [2.45, 2.75) is 6.92 Å². The SMILES string of the molecule is CC(C(=O)O)C1CN(C(=O)COc2ccc(F)cc2F)C1. The summed E-state index contributed by atoms with van der Waals surface area (Å²) in [6, 6.07) is 2.83. The summed E-state index contributed by atoms with van der Waals surface area (Å²) in [6.07, 6.45) is 0. The molecule has 7 heteroatoms. The van der Waals surface area contributed by atoms with Gasteiger partial charge >= 0.3 is 5.97 Å². The van der Waals surface area contributed by atoms with Crippen LogP contribution in [0.25, 0.3) is 0 Å². The van der Waals surface area contributed by atoms with E-state index in [9.17, 15) is 18.4 Å². The van der Waals surface area contributed by atoms with Crippen molar-refractivity contribution >= 4 is 11.9 Å². The molecule has 21 heavy (non-hydrogen) atoms. The monoisotopic (exact) mass is 299 g/mol. The number of aliphatic carboxylic acids is 1. The standard InChI is InChI=1S/C14H15F2NO4/c1-8(14(19)20)9-5-17(6-9)13(18)7-21-12-3-2-10(15)4-11(12)16/h2-4,8-9H,5-7H2,1H3,(H,19,20). The summed E-state index contributed by atoms with van der Waals surface area (Å²) >= 11 is 0. The lowest BCUT2D eigenvalue weighted by Gasteiger charge is -2.41. The molecule has 1 atom stereocenters. The van der Waals surface area contributed by atoms with Crippen LogP contribution in [0.3, 0.4) is 0 Å². The molecule has 1 aliphatic heterocycles. The van der Waals surface area contributed by atoms with Crippen molar-refractivity contribution in [3.8, 4) is 5.75 Å². The number of amides is 1. The Hall–Kier alpha value is -2.18. The van der Waals surface area contributed by atoms with Crippen LogP contribution in [0.2, 0.25) is 0 Å². The molecule has 2 rings (SSSR count). The fourth-order valence-corrected chi connectivity index (χ4v) is 2.06. The van der Waals surface area contributed by atoms with Crippen molar-refractivity contribution in [2.24, 2.45) is 11.8 Å². The van der Waals surface area contributed by atoms with Gasteiger partial charge in [0.25, 0.3) is 5.91 Å². The molecule has 1 amide bonds. The molecule has 0 bridgehead atoms. The summed E-state index contributed by atoms with van der Waals surface area (Å²) in [7, 11) is 0. The Labute approximate surface area is 120 Å². The number of carbonyl (C=O) groups excluding carboxylic acids is 1. The van der Waals surface area contributed by atoms with E-state index in [2.05, 4.69) is 0 Å². The van der Waals surface area contributed by atoms with E-state index >= 15 is 0 Å². The van der Waals surface area contributed by atoms with E-state index in [0.29, 0.717) is 19.2 Å². The van der Waals surface area contributed by atoms with Crippen molar-refractivity contribution in [3.05, 3.63) is 29.8 Å². The summed E-state index contributed by atoms with van der Waals surface area (Å²) in [5.74, 6) is -3.62. The first kappa shape index (κ1) is 15.2. The molecule has 1 aromatic carbocycles. The molecule has 1 N–H and O–H groups in total. The molecule has 0 aromatic heterocycles. The summed E-state index contributed by atoms with van der Waals surface area (Å²) in [6.45, 7) is 1.93. The van der Waals surface area contributed by atoms with Gasteiger partial charge in [-0.25, -0.2) is 8.78 Å². The predicted octanol–water partition coefficient (Wildman–Crippen LogP) is 1.52. The van der Waals surface area contributed by atoms with Gasteiger partial charge in [-0.2, -0.15) is 0 Å². The Bertz CT molecular complexity index is 558. The number of halogens is 2. The molecule has 5 nitrogen and oxygen atoms in total. The van der Waals surface area contributed by atoms with Gasteiger partial charge in [-0.1, -0.05) is 6.92 Å². The van der Waals surface area contributed by atoms with Crippen LogP contribution in [-0.4, -0.2) is 41.6 Å². The van der Waals surface area contributed by atoms with Crippen molar-refractivity contribution in [2.75, 3.05) is 19.7 Å². The number of nitrogens with zero attached hydrogens (tertiary/aromatic N) is 1. The number of hydrogen-bond acceptors (Lipinski definition) is 3. The van der Waals surface area contributed by atoms with Gasteiger partial charge in [-0.05, 0) is 12.1 Å². The molecular formula is C14H15F2NO4. The zero-order valence-electron chi connectivity index (χ0n) is 11.4. The Morgan fingerprint density at radius 3 is 2.67 bits per heavy atom. The molecular weight excluding hydrogens is 284 g/mol. The number of carboxylic acid groups (broad SMARTS) is 1. The topological polar surface area (TPSA) is 66.8 Å². The number of likely N-dealkylation sites (tertiary alicyclic amines) is 1. The minimum Gasteiger partial charge on any atom is -0.481 e. The summed E-state index contributed by atoms with van der Waals surface area (Å²) < 4.78 is 31.0. The third kappa shape index (κ3) is 3.48. The summed E-state index contributed by atoms with van der Waals surface area (Å²) in [4.78, 5) is 24.0. The number of benzene rings is 1. The number of ether oxygens (including phenoxy) is 1. The van der Waals surface area contributed by atoms with Crippen LogP contribution in [0.4, 0.5) is 8.78 Å². The lowest BCUT2D eigenvalue weighted by molar-refractivity contribution is -0.151. The van der Waals surface area contributed by atoms with Gasteiger partial charge in [0, 0.05) is 25.1 Å². The van der Waals surface area contributed by atoms with Gasteiger partial charge in [0.1, 0.15) is 5.82 Å². The molecule has 0 radical (unpaired) electrons. The van der Waals surface area contributed by atoms with Crippen molar-refractivity contribution in [3.63, 3.8) is 0 Å². The van der Waals surface area contributed by atoms with Crippen LogP contribution < -0.4 is 4.74 Å². The second-order valence-corrected chi connectivity index (χ2v) is 5.05. The molecule has 1 aromatic rings. The second-order valence-electron chi connectivity index (χ2n) is 5.05. The molecule has 0 saturated carbocycles. The number of carbonyl (C=O) groups is 2. The minimum absolute atomic E-state index is 0.0750. The average Bonchev–Trinajstić information content (AvgIpc) is 2.35. The highest BCUT2D eigenvalue weighted by molar-refractivity contribution is 5.79. The summed E-state index contributed by atoms with van der Waals surface area (Å²) in [5, 5.41) is 8.85. The molecule has 1 aliphatic rings. The van der Waals surface area contributed by atoms with Crippen LogP contribution in [0.1, 0.15) is 6.92 Å². The molecule has 0 spiro atoms. The van der Waals surface area contributed by atoms with Crippen LogP contribution in [0.15, 0.2) is 18.2 Å². The molecule has 1 heterocycles. The maximum atomic E-state index is 13.3. The number of carboxylic acids is 1. The molecule has 1 saturated heterocycles. The number of hydrogen-bond donors (Lipinski definition) is 1. The van der Waals surface area contributed by atoms with Gasteiger partial charge < -0.3 is 14.7 Å². The quantitative estimate of drug-likeness (QED) is 0.895. The van der Waals surface area contributed by atoms with Crippen LogP contribution in [0.5, 0.6) is 5.75 Å². The first-order valence-corrected chi connectivity index (χ1v) is 6.47. The van der Waals surface area contributed by atoms with Crippen molar-refractivity contribution in [1.82, 2.24) is 4.90 Å². The van der Waals surface area contributed by atoms with Crippen molar-refractivity contribution < 1.29 is 28.2 Å². The Morgan fingerprint density at radius 2 is 2.10 bits per heavy atom. The first-order chi connectivity index (χ1) is 9.88. The van der Waals surface area contributed by atoms with E-state index in [-0.39, 0.29) is 24.2 Å². The Morgan fingerprint density at radius 1 is 1.43 bits per heavy atom. The lowest BCUT2D eigenvalue weighted by atomic mass is 9.87. The van der Waals surface area contributed by atoms with Gasteiger partial charge in [-0.3, -0.25) is 9.59 Å². The van der Waals surface area contributed by atoms with Crippen LogP contribution in [-0.2, 0) is 9.59 Å². The van der Waals surface area contributed by atoms with Crippen molar-refractivity contribution in [1.29, 1.82) is 0 Å². The predicted molar refractivity (Wildman–Crippen MR) is 68.7 cm³/mol. The highest BCUT2D eigenvalue weighted by Crippen LogP contribution is 2.24. The van der Waals surface area contributed by atoms with Gasteiger partial charge in [0.05, 0.1) is 5.92 Å². The van der Waals surface area contributed by atoms with Gasteiger partial charge in [0.15, 0.2) is 18.2 Å². The average molecular weight is 299 g/mol. The first-order valence-electron chi connectivity index (χ1n) is 6.47. The second kappa shape index (κ2) is 6.07. The highest BCUT2D eigenvalue weighted by atomic mass is 19.1. The zero-order valence-corrected chi connectivity index (χ0v) is 11.4. The fraction of sp³-hybridized carbons (Fsp3) is 0.429. The zero-order chi connectivity index (χ0) is 15.6. The largest absolute Gasteiger partial charge is 0.481 e. The Balaban J connectivity index is 1.80. The smallest absolute Gasteiger partial charge is 0.306 e. The van der Waals surface area contributed by atoms with E-state index in [1.54, 1.807) is 6.92 Å². The van der Waals surface area contributed by atoms with Gasteiger partial charge in [-0.15, -0.1) is 0 Å². The summed E-state index contributed by atoms with van der Waals surface area (Å²) in [5.41, 5.74) is 0. The maximum Gasteiger partial charge on any atom is 0.306 e. The molecule has 0 aliphatic carbocycles. The fourth-order valence-electron chi connectivity index (χ4n) is 2.06. The van der Waals surface area contributed by atoms with E-state index in [1.165, 1.54) is 4.90 Å². The van der Waals surface area contributed by atoms with E-state index in [0.717, 1.165) is 12.1 Å². The van der Waals surface area contributed by atoms with E-state index < -0.39 is 23.5 Å². The molecule has 1 fully saturated rings. The maximum absolute atomic E-state index is 13.3. The third-order valence-corrected chi connectivity index (χ3v) is 3.60. The lowest BCUT2D eigenvalue weighted by Crippen LogP contribution is -2.54. The molecule has 114 valence electrons. The highest BCUT2D eigenvalue weighted by Gasteiger charge is 2.37. The van der Waals surface area contributed by atoms with Crippen LogP contribution >= 0.6 is 0 Å².